The van der Waals surface area contributed by atoms with Gasteiger partial charge in [-0.1, -0.05) is 42.5 Å². The van der Waals surface area contributed by atoms with Gasteiger partial charge in [0.2, 0.25) is 0 Å². The quantitative estimate of drug-likeness (QED) is 0.746. The number of rotatable bonds is 2. The SMILES string of the molecule is OC(c1cccc(F)c1)c1ccc2c3c(cccc13)CC2. The topological polar surface area (TPSA) is 20.2 Å². The minimum atomic E-state index is -0.800. The molecule has 21 heavy (non-hydrogen) atoms. The number of hydrogen-bond donors (Lipinski definition) is 1. The number of halogens is 1. The van der Waals surface area contributed by atoms with E-state index < -0.39 is 6.10 Å². The Hall–Kier alpha value is -2.19. The minimum absolute atomic E-state index is 0.322. The van der Waals surface area contributed by atoms with Gasteiger partial charge in [0, 0.05) is 0 Å². The minimum Gasteiger partial charge on any atom is -0.384 e. The average molecular weight is 278 g/mol. The maximum Gasteiger partial charge on any atom is 0.123 e. The van der Waals surface area contributed by atoms with Gasteiger partial charge in [0.1, 0.15) is 11.9 Å². The van der Waals surface area contributed by atoms with Gasteiger partial charge in [0.05, 0.1) is 0 Å². The molecule has 4 rings (SSSR count). The first-order chi connectivity index (χ1) is 10.2. The fourth-order valence-corrected chi connectivity index (χ4v) is 3.36. The fraction of sp³-hybridized carbons (Fsp3) is 0.158. The van der Waals surface area contributed by atoms with Crippen LogP contribution in [0.15, 0.2) is 54.6 Å². The maximum atomic E-state index is 13.4. The summed E-state index contributed by atoms with van der Waals surface area (Å²) in [5.41, 5.74) is 4.13. The van der Waals surface area contributed by atoms with E-state index in [1.54, 1.807) is 12.1 Å². The molecule has 0 saturated carbocycles. The zero-order valence-corrected chi connectivity index (χ0v) is 11.5. The van der Waals surface area contributed by atoms with E-state index in [4.69, 9.17) is 0 Å². The molecule has 3 aromatic carbocycles. The molecule has 0 saturated heterocycles. The summed E-state index contributed by atoms with van der Waals surface area (Å²) in [4.78, 5) is 0. The van der Waals surface area contributed by atoms with E-state index in [0.717, 1.165) is 23.8 Å². The Morgan fingerprint density at radius 3 is 2.48 bits per heavy atom. The van der Waals surface area contributed by atoms with Crippen molar-refractivity contribution in [2.45, 2.75) is 18.9 Å². The van der Waals surface area contributed by atoms with Crippen LogP contribution in [0.2, 0.25) is 0 Å². The van der Waals surface area contributed by atoms with Gasteiger partial charge in [-0.15, -0.1) is 0 Å². The summed E-state index contributed by atoms with van der Waals surface area (Å²) in [7, 11) is 0. The Morgan fingerprint density at radius 2 is 1.67 bits per heavy atom. The molecule has 0 radical (unpaired) electrons. The van der Waals surface area contributed by atoms with Gasteiger partial charge >= 0.3 is 0 Å². The third-order valence-corrected chi connectivity index (χ3v) is 4.37. The lowest BCUT2D eigenvalue weighted by molar-refractivity contribution is 0.221. The Labute approximate surface area is 122 Å². The third kappa shape index (κ3) is 1.95. The Morgan fingerprint density at radius 1 is 0.905 bits per heavy atom. The van der Waals surface area contributed by atoms with E-state index >= 15 is 0 Å². The molecule has 0 heterocycles. The molecule has 0 aliphatic heterocycles. The molecule has 1 unspecified atom stereocenters. The molecule has 0 bridgehead atoms. The molecule has 0 spiro atoms. The van der Waals surface area contributed by atoms with Crippen LogP contribution >= 0.6 is 0 Å². The van der Waals surface area contributed by atoms with Crippen molar-refractivity contribution in [3.05, 3.63) is 82.7 Å². The summed E-state index contributed by atoms with van der Waals surface area (Å²) in [6.45, 7) is 0. The lowest BCUT2D eigenvalue weighted by Crippen LogP contribution is -2.01. The molecule has 1 aliphatic carbocycles. The number of aliphatic hydroxyl groups excluding tert-OH is 1. The van der Waals surface area contributed by atoms with Crippen molar-refractivity contribution in [2.75, 3.05) is 0 Å². The summed E-state index contributed by atoms with van der Waals surface area (Å²) in [6.07, 6.45) is 1.32. The van der Waals surface area contributed by atoms with Crippen molar-refractivity contribution in [3.63, 3.8) is 0 Å². The maximum absolute atomic E-state index is 13.4. The monoisotopic (exact) mass is 278 g/mol. The third-order valence-electron chi connectivity index (χ3n) is 4.37. The van der Waals surface area contributed by atoms with Crippen LogP contribution in [0.5, 0.6) is 0 Å². The zero-order chi connectivity index (χ0) is 14.4. The first kappa shape index (κ1) is 12.5. The van der Waals surface area contributed by atoms with Crippen molar-refractivity contribution >= 4 is 10.8 Å². The summed E-state index contributed by atoms with van der Waals surface area (Å²) < 4.78 is 13.4. The number of aliphatic hydroxyl groups is 1. The molecule has 1 nitrogen and oxygen atoms in total. The second kappa shape index (κ2) is 4.68. The molecule has 0 fully saturated rings. The van der Waals surface area contributed by atoms with Crippen molar-refractivity contribution in [3.8, 4) is 0 Å². The Bertz CT molecular complexity index is 828. The highest BCUT2D eigenvalue weighted by Gasteiger charge is 2.20. The molecule has 0 amide bonds. The highest BCUT2D eigenvalue weighted by atomic mass is 19.1. The largest absolute Gasteiger partial charge is 0.384 e. The van der Waals surface area contributed by atoms with Gasteiger partial charge in [-0.2, -0.15) is 0 Å². The highest BCUT2D eigenvalue weighted by molar-refractivity contribution is 5.93. The predicted molar refractivity (Wildman–Crippen MR) is 81.8 cm³/mol. The van der Waals surface area contributed by atoms with E-state index in [1.807, 2.05) is 18.2 Å². The van der Waals surface area contributed by atoms with Crippen LogP contribution in [0.1, 0.15) is 28.4 Å². The van der Waals surface area contributed by atoms with Crippen molar-refractivity contribution in [1.29, 1.82) is 0 Å². The van der Waals surface area contributed by atoms with Gasteiger partial charge in [0.25, 0.3) is 0 Å². The molecule has 1 aliphatic rings. The summed E-state index contributed by atoms with van der Waals surface area (Å²) in [5, 5.41) is 13.0. The molecule has 3 aromatic rings. The van der Waals surface area contributed by atoms with Crippen LogP contribution in [0.25, 0.3) is 10.8 Å². The second-order valence-electron chi connectivity index (χ2n) is 5.61. The van der Waals surface area contributed by atoms with E-state index in [0.29, 0.717) is 5.56 Å². The predicted octanol–water partition coefficient (Wildman–Crippen LogP) is 4.16. The van der Waals surface area contributed by atoms with Crippen LogP contribution in [0.4, 0.5) is 4.39 Å². The average Bonchev–Trinajstić information content (AvgIpc) is 2.92. The Balaban J connectivity index is 1.92. The number of benzene rings is 3. The highest BCUT2D eigenvalue weighted by Crippen LogP contribution is 2.36. The van der Waals surface area contributed by atoms with Crippen LogP contribution < -0.4 is 0 Å². The summed E-state index contributed by atoms with van der Waals surface area (Å²) in [5.74, 6) is -0.322. The first-order valence-corrected chi connectivity index (χ1v) is 7.21. The van der Waals surface area contributed by atoms with E-state index in [9.17, 15) is 9.50 Å². The molecular formula is C19H15FO. The van der Waals surface area contributed by atoms with Crippen LogP contribution in [-0.4, -0.2) is 5.11 Å². The standard InChI is InChI=1S/C19H15FO/c20-15-5-1-4-14(11-15)19(21)17-10-9-13-8-7-12-3-2-6-16(17)18(12)13/h1-6,9-11,19,21H,7-8H2. The molecule has 1 N–H and O–H groups in total. The van der Waals surface area contributed by atoms with Gasteiger partial charge in [-0.25, -0.2) is 4.39 Å². The first-order valence-electron chi connectivity index (χ1n) is 7.21. The Kier molecular flexibility index (Phi) is 2.79. The van der Waals surface area contributed by atoms with Gasteiger partial charge < -0.3 is 5.11 Å². The molecule has 0 aromatic heterocycles. The molecule has 104 valence electrons. The van der Waals surface area contributed by atoms with E-state index in [-0.39, 0.29) is 5.82 Å². The van der Waals surface area contributed by atoms with Crippen LogP contribution in [-0.2, 0) is 12.8 Å². The molecular weight excluding hydrogens is 263 g/mol. The normalized spacial score (nSPS) is 14.6. The van der Waals surface area contributed by atoms with E-state index in [1.165, 1.54) is 28.6 Å². The van der Waals surface area contributed by atoms with E-state index in [2.05, 4.69) is 12.1 Å². The van der Waals surface area contributed by atoms with Crippen molar-refractivity contribution in [2.24, 2.45) is 0 Å². The van der Waals surface area contributed by atoms with Gasteiger partial charge in [-0.05, 0) is 58.0 Å². The lowest BCUT2D eigenvalue weighted by atomic mass is 9.93. The van der Waals surface area contributed by atoms with Crippen molar-refractivity contribution < 1.29 is 9.50 Å². The van der Waals surface area contributed by atoms with Crippen LogP contribution in [0, 0.1) is 5.82 Å². The number of aryl methyl sites for hydroxylation is 2. The summed E-state index contributed by atoms with van der Waals surface area (Å²) >= 11 is 0. The lowest BCUT2D eigenvalue weighted by Gasteiger charge is -2.15. The second-order valence-corrected chi connectivity index (χ2v) is 5.61. The van der Waals surface area contributed by atoms with Crippen molar-refractivity contribution in [1.82, 2.24) is 0 Å². The van der Waals surface area contributed by atoms with Crippen LogP contribution in [0.3, 0.4) is 0 Å². The number of hydrogen-bond acceptors (Lipinski definition) is 1. The fourth-order valence-electron chi connectivity index (χ4n) is 3.36. The van der Waals surface area contributed by atoms with Gasteiger partial charge in [-0.3, -0.25) is 0 Å². The smallest absolute Gasteiger partial charge is 0.123 e. The molecule has 2 heteroatoms. The molecule has 1 atom stereocenters. The zero-order valence-electron chi connectivity index (χ0n) is 11.5. The summed E-state index contributed by atoms with van der Waals surface area (Å²) in [6, 6.07) is 16.5. The van der Waals surface area contributed by atoms with Gasteiger partial charge in [0.15, 0.2) is 0 Å².